The molecule has 0 spiro atoms. The highest BCUT2D eigenvalue weighted by Crippen LogP contribution is 2.35. The minimum Gasteiger partial charge on any atom is -0.489 e. The van der Waals surface area contributed by atoms with Crippen LogP contribution in [0.3, 0.4) is 0 Å². The average molecular weight is 366 g/mol. The van der Waals surface area contributed by atoms with Gasteiger partial charge in [-0.25, -0.2) is 0 Å². The highest BCUT2D eigenvalue weighted by molar-refractivity contribution is 6.40. The zero-order valence-electron chi connectivity index (χ0n) is 12.1. The molecule has 1 aliphatic heterocycles. The first-order valence-corrected chi connectivity index (χ1v) is 8.44. The lowest BCUT2D eigenvalue weighted by atomic mass is 10.0. The maximum atomic E-state index is 11.7. The smallest absolute Gasteiger partial charge is 0.220 e. The molecule has 1 aliphatic rings. The summed E-state index contributed by atoms with van der Waals surface area (Å²) in [7, 11) is 0. The fourth-order valence-electron chi connectivity index (χ4n) is 2.39. The second-order valence-electron chi connectivity index (χ2n) is 5.29. The van der Waals surface area contributed by atoms with E-state index in [1.807, 2.05) is 0 Å². The summed E-state index contributed by atoms with van der Waals surface area (Å²) >= 11 is 17.9. The Hall–Kier alpha value is -0.680. The molecule has 1 aromatic rings. The number of hydrogen-bond acceptors (Lipinski definition) is 3. The second kappa shape index (κ2) is 8.82. The van der Waals surface area contributed by atoms with Crippen molar-refractivity contribution in [3.8, 4) is 5.75 Å². The van der Waals surface area contributed by atoms with Gasteiger partial charge in [0.2, 0.25) is 5.91 Å². The topological polar surface area (TPSA) is 50.4 Å². The van der Waals surface area contributed by atoms with Gasteiger partial charge >= 0.3 is 0 Å². The number of carbonyl (C=O) groups is 1. The molecule has 1 atom stereocenters. The van der Waals surface area contributed by atoms with E-state index in [0.717, 1.165) is 25.9 Å². The lowest BCUT2D eigenvalue weighted by Gasteiger charge is -2.11. The molecule has 1 fully saturated rings. The quantitative estimate of drug-likeness (QED) is 0.727. The van der Waals surface area contributed by atoms with E-state index in [1.54, 1.807) is 12.1 Å². The minimum absolute atomic E-state index is 0.0452. The van der Waals surface area contributed by atoms with Crippen molar-refractivity contribution in [1.29, 1.82) is 0 Å². The maximum absolute atomic E-state index is 11.7. The molecule has 0 saturated carbocycles. The van der Waals surface area contributed by atoms with Crippen LogP contribution in [0.2, 0.25) is 15.1 Å². The molecule has 2 rings (SSSR count). The Morgan fingerprint density at radius 3 is 2.68 bits per heavy atom. The van der Waals surface area contributed by atoms with E-state index in [-0.39, 0.29) is 5.91 Å². The number of benzene rings is 1. The molecule has 4 nitrogen and oxygen atoms in total. The lowest BCUT2D eigenvalue weighted by Crippen LogP contribution is -2.28. The van der Waals surface area contributed by atoms with Crippen molar-refractivity contribution in [2.24, 2.45) is 5.92 Å². The van der Waals surface area contributed by atoms with Gasteiger partial charge in [-0.1, -0.05) is 34.8 Å². The van der Waals surface area contributed by atoms with Crippen molar-refractivity contribution < 1.29 is 9.53 Å². The number of halogens is 3. The van der Waals surface area contributed by atoms with Crippen LogP contribution in [0.25, 0.3) is 0 Å². The summed E-state index contributed by atoms with van der Waals surface area (Å²) < 4.78 is 5.50. The highest BCUT2D eigenvalue weighted by Gasteiger charge is 2.15. The van der Waals surface area contributed by atoms with E-state index in [0.29, 0.717) is 46.3 Å². The number of hydrogen-bond donors (Lipinski definition) is 2. The highest BCUT2D eigenvalue weighted by atomic mass is 35.5. The fourth-order valence-corrected chi connectivity index (χ4v) is 3.32. The standard InChI is InChI=1S/C15H19Cl3N2O2/c16-11-7-12(17)15(13(18)8-11)22-6-5-20-14(21)2-1-10-3-4-19-9-10/h7-8,10,19H,1-6,9H2,(H,20,21). The van der Waals surface area contributed by atoms with E-state index in [4.69, 9.17) is 39.5 Å². The van der Waals surface area contributed by atoms with Crippen LogP contribution in [0, 0.1) is 5.92 Å². The van der Waals surface area contributed by atoms with Crippen LogP contribution in [0.5, 0.6) is 5.75 Å². The van der Waals surface area contributed by atoms with Gasteiger partial charge in [0.05, 0.1) is 16.6 Å². The second-order valence-corrected chi connectivity index (χ2v) is 6.55. The number of rotatable bonds is 7. The number of ether oxygens (including phenoxy) is 1. The maximum Gasteiger partial charge on any atom is 0.220 e. The SMILES string of the molecule is O=C(CCC1CCNC1)NCCOc1c(Cl)cc(Cl)cc1Cl. The molecule has 2 N–H and O–H groups in total. The summed E-state index contributed by atoms with van der Waals surface area (Å²) in [6.45, 7) is 2.79. The van der Waals surface area contributed by atoms with Crippen molar-refractivity contribution in [3.05, 3.63) is 27.2 Å². The number of nitrogens with one attached hydrogen (secondary N) is 2. The van der Waals surface area contributed by atoms with Crippen LogP contribution >= 0.6 is 34.8 Å². The Balaban J connectivity index is 1.65. The monoisotopic (exact) mass is 364 g/mol. The predicted octanol–water partition coefficient (Wildman–Crippen LogP) is 3.53. The molecule has 0 bridgehead atoms. The van der Waals surface area contributed by atoms with Crippen LogP contribution in [-0.2, 0) is 4.79 Å². The lowest BCUT2D eigenvalue weighted by molar-refractivity contribution is -0.121. The van der Waals surface area contributed by atoms with Gasteiger partial charge in [0.25, 0.3) is 0 Å². The summed E-state index contributed by atoms with van der Waals surface area (Å²) in [5.41, 5.74) is 0. The fraction of sp³-hybridized carbons (Fsp3) is 0.533. The van der Waals surface area contributed by atoms with E-state index in [9.17, 15) is 4.79 Å². The Morgan fingerprint density at radius 2 is 2.05 bits per heavy atom. The first-order valence-electron chi connectivity index (χ1n) is 7.31. The van der Waals surface area contributed by atoms with Gasteiger partial charge in [0.1, 0.15) is 6.61 Å². The Bertz CT molecular complexity index is 497. The van der Waals surface area contributed by atoms with Crippen molar-refractivity contribution in [2.75, 3.05) is 26.2 Å². The zero-order valence-corrected chi connectivity index (χ0v) is 14.4. The van der Waals surface area contributed by atoms with Gasteiger partial charge in [-0.05, 0) is 44.0 Å². The van der Waals surface area contributed by atoms with E-state index in [1.165, 1.54) is 0 Å². The largest absolute Gasteiger partial charge is 0.489 e. The molecule has 1 aromatic carbocycles. The van der Waals surface area contributed by atoms with E-state index < -0.39 is 0 Å². The summed E-state index contributed by atoms with van der Waals surface area (Å²) in [6, 6.07) is 3.14. The van der Waals surface area contributed by atoms with Gasteiger partial charge < -0.3 is 15.4 Å². The third-order valence-electron chi connectivity index (χ3n) is 3.58. The minimum atomic E-state index is 0.0452. The predicted molar refractivity (Wildman–Crippen MR) is 90.2 cm³/mol. The van der Waals surface area contributed by atoms with Crippen molar-refractivity contribution in [3.63, 3.8) is 0 Å². The zero-order chi connectivity index (χ0) is 15.9. The van der Waals surface area contributed by atoms with Gasteiger partial charge in [-0.15, -0.1) is 0 Å². The van der Waals surface area contributed by atoms with Crippen molar-refractivity contribution in [1.82, 2.24) is 10.6 Å². The first-order chi connectivity index (χ1) is 10.6. The summed E-state index contributed by atoms with van der Waals surface area (Å²) in [5.74, 6) is 1.05. The van der Waals surface area contributed by atoms with Gasteiger partial charge in [0.15, 0.2) is 5.75 Å². The van der Waals surface area contributed by atoms with Crippen LogP contribution in [0.4, 0.5) is 0 Å². The molecule has 1 unspecified atom stereocenters. The first kappa shape index (κ1) is 17.7. The molecule has 122 valence electrons. The van der Waals surface area contributed by atoms with E-state index in [2.05, 4.69) is 10.6 Å². The van der Waals surface area contributed by atoms with Gasteiger partial charge in [-0.2, -0.15) is 0 Å². The molecule has 1 amide bonds. The van der Waals surface area contributed by atoms with Crippen LogP contribution in [0.1, 0.15) is 19.3 Å². The number of carbonyl (C=O) groups excluding carboxylic acids is 1. The van der Waals surface area contributed by atoms with Crippen LogP contribution in [0.15, 0.2) is 12.1 Å². The van der Waals surface area contributed by atoms with Crippen LogP contribution < -0.4 is 15.4 Å². The molecular formula is C15H19Cl3N2O2. The van der Waals surface area contributed by atoms with Crippen molar-refractivity contribution >= 4 is 40.7 Å². The molecule has 0 aliphatic carbocycles. The molecule has 1 saturated heterocycles. The third-order valence-corrected chi connectivity index (χ3v) is 4.36. The molecule has 1 heterocycles. The third kappa shape index (κ3) is 5.51. The van der Waals surface area contributed by atoms with Crippen molar-refractivity contribution in [2.45, 2.75) is 19.3 Å². The van der Waals surface area contributed by atoms with Crippen LogP contribution in [-0.4, -0.2) is 32.1 Å². The molecule has 7 heteroatoms. The van der Waals surface area contributed by atoms with Gasteiger partial charge in [0, 0.05) is 11.4 Å². The van der Waals surface area contributed by atoms with Gasteiger partial charge in [-0.3, -0.25) is 4.79 Å². The Labute approximate surface area is 145 Å². The molecule has 0 radical (unpaired) electrons. The normalized spacial score (nSPS) is 17.5. The molecular weight excluding hydrogens is 347 g/mol. The Kier molecular flexibility index (Phi) is 7.09. The molecule has 22 heavy (non-hydrogen) atoms. The average Bonchev–Trinajstić information content (AvgIpc) is 2.96. The summed E-state index contributed by atoms with van der Waals surface area (Å²) in [5, 5.41) is 7.30. The summed E-state index contributed by atoms with van der Waals surface area (Å²) in [4.78, 5) is 11.7. The summed E-state index contributed by atoms with van der Waals surface area (Å²) in [6.07, 6.45) is 2.63. The Morgan fingerprint density at radius 1 is 1.32 bits per heavy atom. The number of amides is 1. The van der Waals surface area contributed by atoms with E-state index >= 15 is 0 Å². The molecule has 0 aromatic heterocycles.